The lowest BCUT2D eigenvalue weighted by molar-refractivity contribution is 0.0583. The van der Waals surface area contributed by atoms with Crippen LogP contribution in [0.3, 0.4) is 0 Å². The largest absolute Gasteiger partial charge is 0.497 e. The minimum absolute atomic E-state index is 0.106. The summed E-state index contributed by atoms with van der Waals surface area (Å²) in [6, 6.07) is 7.09. The van der Waals surface area contributed by atoms with Crippen LogP contribution in [-0.2, 0) is 4.74 Å². The second kappa shape index (κ2) is 4.65. The van der Waals surface area contributed by atoms with Crippen molar-refractivity contribution in [3.63, 3.8) is 0 Å². The Morgan fingerprint density at radius 1 is 1.35 bits per heavy atom. The summed E-state index contributed by atoms with van der Waals surface area (Å²) < 4.78 is 14.5. The van der Waals surface area contributed by atoms with Crippen molar-refractivity contribution in [2.75, 3.05) is 14.2 Å². The molecule has 0 aliphatic carbocycles. The summed E-state index contributed by atoms with van der Waals surface area (Å²) in [6.07, 6.45) is 0. The Labute approximate surface area is 97.2 Å². The lowest BCUT2D eigenvalue weighted by Gasteiger charge is -1.99. The van der Waals surface area contributed by atoms with Crippen LogP contribution in [0, 0.1) is 0 Å². The van der Waals surface area contributed by atoms with E-state index in [1.165, 1.54) is 7.11 Å². The number of esters is 1. The summed E-state index contributed by atoms with van der Waals surface area (Å²) >= 11 is 0. The molecule has 1 heterocycles. The van der Waals surface area contributed by atoms with E-state index in [1.807, 2.05) is 0 Å². The van der Waals surface area contributed by atoms with Gasteiger partial charge in [-0.1, -0.05) is 6.07 Å². The van der Waals surface area contributed by atoms with Gasteiger partial charge in [-0.15, -0.1) is 0 Å². The molecule has 2 rings (SSSR count). The van der Waals surface area contributed by atoms with Gasteiger partial charge in [-0.3, -0.25) is 0 Å². The van der Waals surface area contributed by atoms with Gasteiger partial charge in [0.05, 0.1) is 14.2 Å². The lowest BCUT2D eigenvalue weighted by Crippen LogP contribution is -2.03. The highest BCUT2D eigenvalue weighted by Crippen LogP contribution is 2.22. The molecule has 0 saturated carbocycles. The molecular formula is C11H10N2O4. The van der Waals surface area contributed by atoms with Crippen molar-refractivity contribution in [1.29, 1.82) is 0 Å². The standard InChI is InChI=1S/C11H10N2O4/c1-15-8-5-3-4-7(6-8)10-12-9(13-17-10)11(14)16-2/h3-6H,1-2H3. The van der Waals surface area contributed by atoms with Crippen molar-refractivity contribution in [3.8, 4) is 17.2 Å². The van der Waals surface area contributed by atoms with E-state index in [1.54, 1.807) is 31.4 Å². The lowest BCUT2D eigenvalue weighted by atomic mass is 10.2. The molecule has 0 bridgehead atoms. The molecule has 0 aliphatic rings. The number of aromatic nitrogens is 2. The maximum absolute atomic E-state index is 11.1. The van der Waals surface area contributed by atoms with E-state index in [2.05, 4.69) is 14.9 Å². The van der Waals surface area contributed by atoms with Gasteiger partial charge in [0.1, 0.15) is 5.75 Å². The first kappa shape index (κ1) is 11.1. The zero-order valence-electron chi connectivity index (χ0n) is 9.34. The monoisotopic (exact) mass is 234 g/mol. The molecule has 1 aromatic carbocycles. The molecule has 0 aliphatic heterocycles. The molecule has 0 N–H and O–H groups in total. The van der Waals surface area contributed by atoms with Crippen LogP contribution >= 0.6 is 0 Å². The van der Waals surface area contributed by atoms with E-state index >= 15 is 0 Å². The van der Waals surface area contributed by atoms with E-state index in [9.17, 15) is 4.79 Å². The highest BCUT2D eigenvalue weighted by atomic mass is 16.5. The summed E-state index contributed by atoms with van der Waals surface area (Å²) in [7, 11) is 2.82. The van der Waals surface area contributed by atoms with Crippen LogP contribution in [0.5, 0.6) is 5.75 Å². The average molecular weight is 234 g/mol. The SMILES string of the molecule is COC(=O)c1noc(-c2cccc(OC)c2)n1. The number of ether oxygens (including phenoxy) is 2. The van der Waals surface area contributed by atoms with Gasteiger partial charge in [-0.2, -0.15) is 4.98 Å². The van der Waals surface area contributed by atoms with Crippen molar-refractivity contribution < 1.29 is 18.8 Å². The second-order valence-electron chi connectivity index (χ2n) is 3.15. The van der Waals surface area contributed by atoms with Crippen LogP contribution in [0.2, 0.25) is 0 Å². The van der Waals surface area contributed by atoms with E-state index < -0.39 is 5.97 Å². The third-order valence-electron chi connectivity index (χ3n) is 2.11. The highest BCUT2D eigenvalue weighted by molar-refractivity contribution is 5.85. The molecule has 0 unspecified atom stereocenters. The van der Waals surface area contributed by atoms with E-state index in [-0.39, 0.29) is 11.7 Å². The molecule has 17 heavy (non-hydrogen) atoms. The van der Waals surface area contributed by atoms with Gasteiger partial charge in [0.15, 0.2) is 0 Å². The number of methoxy groups -OCH3 is 2. The molecule has 88 valence electrons. The second-order valence-corrected chi connectivity index (χ2v) is 3.15. The molecule has 0 spiro atoms. The fourth-order valence-electron chi connectivity index (χ4n) is 1.27. The molecule has 6 nitrogen and oxygen atoms in total. The number of benzene rings is 1. The first-order chi connectivity index (χ1) is 8.24. The number of hydrogen-bond acceptors (Lipinski definition) is 6. The number of nitrogens with zero attached hydrogens (tertiary/aromatic N) is 2. The molecular weight excluding hydrogens is 224 g/mol. The highest BCUT2D eigenvalue weighted by Gasteiger charge is 2.15. The molecule has 0 atom stereocenters. The Morgan fingerprint density at radius 3 is 2.88 bits per heavy atom. The third kappa shape index (κ3) is 2.25. The molecule has 0 fully saturated rings. The summed E-state index contributed by atoms with van der Waals surface area (Å²) in [5, 5.41) is 3.52. The predicted octanol–water partition coefficient (Wildman–Crippen LogP) is 1.53. The van der Waals surface area contributed by atoms with Crippen LogP contribution in [0.25, 0.3) is 11.5 Å². The van der Waals surface area contributed by atoms with E-state index in [0.29, 0.717) is 11.3 Å². The Bertz CT molecular complexity index is 536. The zero-order valence-corrected chi connectivity index (χ0v) is 9.34. The number of rotatable bonds is 3. The van der Waals surface area contributed by atoms with Gasteiger partial charge in [0.25, 0.3) is 11.7 Å². The van der Waals surface area contributed by atoms with Crippen molar-refractivity contribution in [3.05, 3.63) is 30.1 Å². The molecule has 0 saturated heterocycles. The van der Waals surface area contributed by atoms with Crippen LogP contribution in [0.1, 0.15) is 10.6 Å². The predicted molar refractivity (Wildman–Crippen MR) is 57.6 cm³/mol. The zero-order chi connectivity index (χ0) is 12.3. The first-order valence-corrected chi connectivity index (χ1v) is 4.81. The van der Waals surface area contributed by atoms with Crippen molar-refractivity contribution in [2.24, 2.45) is 0 Å². The van der Waals surface area contributed by atoms with Crippen molar-refractivity contribution in [2.45, 2.75) is 0 Å². The van der Waals surface area contributed by atoms with E-state index in [4.69, 9.17) is 9.26 Å². The number of hydrogen-bond donors (Lipinski definition) is 0. The Hall–Kier alpha value is -2.37. The first-order valence-electron chi connectivity index (χ1n) is 4.81. The van der Waals surface area contributed by atoms with Crippen molar-refractivity contribution >= 4 is 5.97 Å². The van der Waals surface area contributed by atoms with Gasteiger partial charge in [0.2, 0.25) is 0 Å². The Balaban J connectivity index is 2.33. The normalized spacial score (nSPS) is 10.0. The summed E-state index contributed by atoms with van der Waals surface area (Å²) in [5.74, 6) is 0.165. The Kier molecular flexibility index (Phi) is 3.04. The summed E-state index contributed by atoms with van der Waals surface area (Å²) in [6.45, 7) is 0. The molecule has 0 amide bonds. The smallest absolute Gasteiger partial charge is 0.379 e. The van der Waals surface area contributed by atoms with Crippen LogP contribution in [-0.4, -0.2) is 30.3 Å². The van der Waals surface area contributed by atoms with E-state index in [0.717, 1.165) is 0 Å². The van der Waals surface area contributed by atoms with Crippen LogP contribution in [0.4, 0.5) is 0 Å². The number of carbonyl (C=O) groups excluding carboxylic acids is 1. The summed E-state index contributed by atoms with van der Waals surface area (Å²) in [4.78, 5) is 15.1. The topological polar surface area (TPSA) is 74.5 Å². The fraction of sp³-hybridized carbons (Fsp3) is 0.182. The van der Waals surface area contributed by atoms with Gasteiger partial charge >= 0.3 is 5.97 Å². The maximum atomic E-state index is 11.1. The average Bonchev–Trinajstić information content (AvgIpc) is 2.87. The van der Waals surface area contributed by atoms with Gasteiger partial charge in [-0.25, -0.2) is 4.79 Å². The minimum atomic E-state index is -0.636. The fourth-order valence-corrected chi connectivity index (χ4v) is 1.27. The van der Waals surface area contributed by atoms with Crippen LogP contribution in [0.15, 0.2) is 28.8 Å². The molecule has 0 radical (unpaired) electrons. The number of carbonyl (C=O) groups is 1. The minimum Gasteiger partial charge on any atom is -0.497 e. The summed E-state index contributed by atoms with van der Waals surface area (Å²) in [5.41, 5.74) is 0.673. The Morgan fingerprint density at radius 2 is 2.18 bits per heavy atom. The quantitative estimate of drug-likeness (QED) is 0.750. The third-order valence-corrected chi connectivity index (χ3v) is 2.11. The van der Waals surface area contributed by atoms with Gasteiger partial charge in [-0.05, 0) is 23.4 Å². The van der Waals surface area contributed by atoms with Crippen LogP contribution < -0.4 is 4.74 Å². The molecule has 6 heteroatoms. The van der Waals surface area contributed by atoms with Gasteiger partial charge < -0.3 is 14.0 Å². The van der Waals surface area contributed by atoms with Crippen molar-refractivity contribution in [1.82, 2.24) is 10.1 Å². The van der Waals surface area contributed by atoms with Gasteiger partial charge in [0, 0.05) is 5.56 Å². The maximum Gasteiger partial charge on any atom is 0.379 e. The molecule has 2 aromatic rings. The molecule has 1 aromatic heterocycles.